The van der Waals surface area contributed by atoms with Crippen LogP contribution < -0.4 is 0 Å². The number of nitro groups is 2. The zero-order valence-electron chi connectivity index (χ0n) is 47.0. The number of carbonyl (C=O) groups excluding carboxylic acids is 3. The Balaban J connectivity index is 0.000000522. The van der Waals surface area contributed by atoms with E-state index in [4.69, 9.17) is 60.8 Å². The Bertz CT molecular complexity index is 3720. The first-order valence-electron chi connectivity index (χ1n) is 24.1. The van der Waals surface area contributed by atoms with Crippen molar-refractivity contribution >= 4 is 63.0 Å². The quantitative estimate of drug-likeness (QED) is 0.0125. The van der Waals surface area contributed by atoms with Crippen LogP contribution in [0.25, 0.3) is 26.2 Å². The van der Waals surface area contributed by atoms with Crippen molar-refractivity contribution in [2.45, 2.75) is 77.2 Å². The molecule has 0 radical (unpaired) electrons. The van der Waals surface area contributed by atoms with Crippen molar-refractivity contribution in [3.63, 3.8) is 0 Å². The van der Waals surface area contributed by atoms with Gasteiger partial charge in [0.1, 0.15) is 34.9 Å². The number of nitrogens with zero attached hydrogens (tertiary/aromatic N) is 14. The molecule has 452 valence electrons. The van der Waals surface area contributed by atoms with Gasteiger partial charge in [0.25, 0.3) is 16.7 Å². The SMILES string of the molecule is Cc1ccc(S(=O)(=O)O)cc1.Clc1cccnn1.N#C/C(=C\c1cc(O)c(O)c([N+](=O)[O-])c1)c1cccnn1.O=Cc1cc(O)c(O)c([N+](=O)[O-])c1.[C-]#[N+]C(C(=O)OC(C)(C)C)c1cccnn1.[C-]#[N+]CC(=O)OC(C)(C)C.[C-]#[N+]Cc1cccnn1. The van der Waals surface area contributed by atoms with Gasteiger partial charge in [0.2, 0.25) is 11.5 Å². The van der Waals surface area contributed by atoms with E-state index in [0.29, 0.717) is 23.7 Å². The molecule has 0 aliphatic rings. The second-order valence-electron chi connectivity index (χ2n) is 18.2. The number of ether oxygens (including phenoxy) is 2. The summed E-state index contributed by atoms with van der Waals surface area (Å²) in [6.45, 7) is 32.4. The largest absolute Gasteiger partial charge is 0.504 e. The normalized spacial score (nSPS) is 10.6. The van der Waals surface area contributed by atoms with E-state index in [9.17, 15) is 53.2 Å². The minimum Gasteiger partial charge on any atom is -0.504 e. The van der Waals surface area contributed by atoms with Crippen molar-refractivity contribution in [1.29, 1.82) is 5.26 Å². The first kappa shape index (κ1) is 73.5. The van der Waals surface area contributed by atoms with Gasteiger partial charge < -0.3 is 39.6 Å². The number of aldehydes is 1. The van der Waals surface area contributed by atoms with Gasteiger partial charge in [-0.15, -0.1) is 20.4 Å². The lowest BCUT2D eigenvalue weighted by Crippen LogP contribution is -2.27. The molecule has 0 spiro atoms. The smallest absolute Gasteiger partial charge is 0.397 e. The van der Waals surface area contributed by atoms with Gasteiger partial charge in [-0.05, 0) is 133 Å². The van der Waals surface area contributed by atoms with Gasteiger partial charge in [-0.1, -0.05) is 29.3 Å². The Labute approximate surface area is 502 Å². The number of esters is 2. The lowest BCUT2D eigenvalue weighted by molar-refractivity contribution is -0.386. The van der Waals surface area contributed by atoms with Crippen molar-refractivity contribution in [3.8, 4) is 29.1 Å². The molecule has 1 unspecified atom stereocenters. The van der Waals surface area contributed by atoms with Gasteiger partial charge in [-0.25, -0.2) is 29.3 Å². The number of rotatable bonds is 10. The minimum atomic E-state index is -4.02. The lowest BCUT2D eigenvalue weighted by Gasteiger charge is -2.19. The molecular weight excluding hydrogens is 1180 g/mol. The van der Waals surface area contributed by atoms with E-state index in [-0.39, 0.29) is 33.8 Å². The lowest BCUT2D eigenvalue weighted by atomic mass is 10.1. The van der Waals surface area contributed by atoms with E-state index in [2.05, 4.69) is 55.3 Å². The van der Waals surface area contributed by atoms with Crippen molar-refractivity contribution < 1.29 is 67.1 Å². The maximum absolute atomic E-state index is 11.7. The summed E-state index contributed by atoms with van der Waals surface area (Å²) in [6, 6.07) is 24.1. The van der Waals surface area contributed by atoms with E-state index < -0.39 is 83.5 Å². The average molecular weight is 1230 g/mol. The van der Waals surface area contributed by atoms with Gasteiger partial charge in [0, 0.05) is 42.5 Å². The number of aryl methyl sites for hydroxylation is 1. The van der Waals surface area contributed by atoms with Gasteiger partial charge in [0.15, 0.2) is 22.3 Å². The van der Waals surface area contributed by atoms with Crippen molar-refractivity contribution in [3.05, 3.63) is 215 Å². The number of hydrogen-bond acceptors (Lipinski definition) is 24. The van der Waals surface area contributed by atoms with E-state index in [1.54, 1.807) is 115 Å². The van der Waals surface area contributed by atoms with Crippen molar-refractivity contribution in [2.75, 3.05) is 6.54 Å². The monoisotopic (exact) mass is 1230 g/mol. The Hall–Kier alpha value is -11.5. The van der Waals surface area contributed by atoms with E-state index >= 15 is 0 Å². The van der Waals surface area contributed by atoms with Gasteiger partial charge in [0.05, 0.1) is 20.3 Å². The molecule has 5 N–H and O–H groups in total. The maximum Gasteiger partial charge on any atom is 0.397 e. The summed E-state index contributed by atoms with van der Waals surface area (Å²) in [4.78, 5) is 61.1. The molecule has 0 aliphatic carbocycles. The standard InChI is InChI=1S/C13H8N4O4.C11H13N3O2.C7H5NO5.C7H11NO2.C7H8O3S.C6H5N3.C4H3ClN2/c14-7-9(10-2-1-3-15-16-10)4-8-5-11(17(20)21)13(19)12(18)6-8;1-11(2,3)16-10(15)9(12-4)8-6-5-7-13-14-8;9-3-4-1-5(8(12)13)7(11)6(10)2-4;1-7(2,3)10-6(9)5-8-4;1-6-2-4-7(5-3-6)11(8,9)10;1-7-5-6-3-2-4-8-9-6;5-4-2-1-3-6-7-4/h1-6,18-19H;5-7,9H,1-3H3;1-3,10-11H;5H2,1-3H3;2-5H,1H3,(H,8,9,10);2-4H,5H2;1-3H/b9-4+;;;;;;. The Morgan fingerprint density at radius 3 is 1.60 bits per heavy atom. The summed E-state index contributed by atoms with van der Waals surface area (Å²) >= 11 is 5.37. The highest BCUT2D eigenvalue weighted by Crippen LogP contribution is 2.37. The minimum absolute atomic E-state index is 0.0666. The van der Waals surface area contributed by atoms with Crippen LogP contribution in [0.3, 0.4) is 0 Å². The second kappa shape index (κ2) is 36.8. The zero-order chi connectivity index (χ0) is 65.9. The van der Waals surface area contributed by atoms with Crippen LogP contribution in [-0.4, -0.2) is 120 Å². The van der Waals surface area contributed by atoms with Crippen LogP contribution in [0.4, 0.5) is 11.4 Å². The summed E-state index contributed by atoms with van der Waals surface area (Å²) in [5.41, 5.74) is 0.0830. The Morgan fingerprint density at radius 1 is 0.724 bits per heavy atom. The summed E-state index contributed by atoms with van der Waals surface area (Å²) in [5, 5.41) is 96.5. The number of nitro benzene ring substituents is 2. The van der Waals surface area contributed by atoms with E-state index in [1.807, 2.05) is 13.0 Å². The fourth-order valence-electron chi connectivity index (χ4n) is 5.44. The van der Waals surface area contributed by atoms with Crippen LogP contribution in [0.2, 0.25) is 5.15 Å². The molecule has 7 aromatic rings. The first-order valence-corrected chi connectivity index (χ1v) is 25.9. The van der Waals surface area contributed by atoms with Gasteiger partial charge in [-0.3, -0.25) is 34.4 Å². The van der Waals surface area contributed by atoms with Crippen molar-refractivity contribution in [1.82, 2.24) is 40.8 Å². The zero-order valence-corrected chi connectivity index (χ0v) is 48.5. The molecule has 0 saturated carbocycles. The molecule has 32 heteroatoms. The summed E-state index contributed by atoms with van der Waals surface area (Å²) in [5.74, 6) is -4.04. The molecule has 1 atom stereocenters. The maximum atomic E-state index is 11.7. The van der Waals surface area contributed by atoms with Crippen LogP contribution in [0.5, 0.6) is 23.0 Å². The van der Waals surface area contributed by atoms with Crippen LogP contribution in [-0.2, 0) is 35.7 Å². The summed E-state index contributed by atoms with van der Waals surface area (Å²) < 4.78 is 39.5. The second-order valence-corrected chi connectivity index (χ2v) is 20.0. The van der Waals surface area contributed by atoms with Crippen LogP contribution in [0.1, 0.15) is 86.2 Å². The third-order valence-corrected chi connectivity index (χ3v) is 10.1. The highest BCUT2D eigenvalue weighted by Gasteiger charge is 2.33. The number of aromatic hydroxyl groups is 4. The number of hydrogen-bond donors (Lipinski definition) is 5. The van der Waals surface area contributed by atoms with Crippen LogP contribution >= 0.6 is 11.6 Å². The van der Waals surface area contributed by atoms with Gasteiger partial charge >= 0.3 is 35.9 Å². The number of aromatic nitrogens is 8. The molecule has 0 amide bonds. The highest BCUT2D eigenvalue weighted by molar-refractivity contribution is 7.85. The number of phenols is 4. The van der Waals surface area contributed by atoms with Crippen LogP contribution in [0, 0.1) is 58.2 Å². The van der Waals surface area contributed by atoms with E-state index in [1.165, 1.54) is 30.6 Å². The third kappa shape index (κ3) is 29.9. The Morgan fingerprint density at radius 2 is 1.22 bits per heavy atom. The highest BCUT2D eigenvalue weighted by atomic mass is 35.5. The number of halogens is 1. The van der Waals surface area contributed by atoms with Crippen LogP contribution in [0.15, 0.2) is 127 Å². The molecular formula is C55H53ClN14O16S. The van der Waals surface area contributed by atoms with Gasteiger partial charge in [-0.2, -0.15) is 34.1 Å². The number of phenolic OH excluding ortho intramolecular Hbond substituents is 4. The molecule has 0 saturated heterocycles. The number of allylic oxidation sites excluding steroid dienone is 1. The molecule has 7 rings (SSSR count). The fourth-order valence-corrected chi connectivity index (χ4v) is 6.04. The molecule has 87 heavy (non-hydrogen) atoms. The summed E-state index contributed by atoms with van der Waals surface area (Å²) in [7, 11) is -4.02. The molecule has 30 nitrogen and oxygen atoms in total. The fraction of sp³-hybridized carbons (Fsp3) is 0.218. The van der Waals surface area contributed by atoms with Crippen molar-refractivity contribution in [2.24, 2.45) is 0 Å². The predicted molar refractivity (Wildman–Crippen MR) is 309 cm³/mol. The average Bonchev–Trinajstić information content (AvgIpc) is 3.61. The molecule has 3 aromatic carbocycles. The number of nitriles is 1. The third-order valence-electron chi connectivity index (χ3n) is 8.98. The number of benzene rings is 3. The number of carbonyl (C=O) groups is 3. The summed E-state index contributed by atoms with van der Waals surface area (Å²) in [6.07, 6.45) is 7.73. The molecule has 0 aliphatic heterocycles. The molecule has 4 heterocycles. The molecule has 0 bridgehead atoms. The first-order chi connectivity index (χ1) is 40.8. The molecule has 0 fully saturated rings. The molecule has 4 aromatic heterocycles. The topological polar surface area (TPSA) is 431 Å². The predicted octanol–water partition coefficient (Wildman–Crippen LogP) is 8.97. The van der Waals surface area contributed by atoms with E-state index in [0.717, 1.165) is 35.5 Å². The Kier molecular flexibility index (Phi) is 31.1.